The van der Waals surface area contributed by atoms with Crippen LogP contribution in [0.2, 0.25) is 0 Å². The number of ether oxygens (including phenoxy) is 1. The van der Waals surface area contributed by atoms with Crippen molar-refractivity contribution < 1.29 is 27.8 Å². The van der Waals surface area contributed by atoms with Gasteiger partial charge < -0.3 is 14.4 Å². The molecule has 0 bridgehead atoms. The Morgan fingerprint density at radius 2 is 1.73 bits per heavy atom. The van der Waals surface area contributed by atoms with E-state index in [1.807, 2.05) is 18.4 Å². The summed E-state index contributed by atoms with van der Waals surface area (Å²) in [6.07, 6.45) is 3.23. The number of aryl methyl sites for hydroxylation is 1. The summed E-state index contributed by atoms with van der Waals surface area (Å²) in [4.78, 5) is 20.6. The van der Waals surface area contributed by atoms with Crippen LogP contribution < -0.4 is 4.74 Å². The maximum absolute atomic E-state index is 15.5. The van der Waals surface area contributed by atoms with Gasteiger partial charge in [-0.05, 0) is 79.1 Å². The molecule has 0 amide bonds. The molecule has 1 N–H and O–H groups in total. The first-order chi connectivity index (χ1) is 21.6. The maximum Gasteiger partial charge on any atom is 0.335 e. The fraction of sp³-hybridized carbons (Fsp3) is 0.306. The number of halogens is 3. The topological polar surface area (TPSA) is 77.2 Å². The fourth-order valence-corrected chi connectivity index (χ4v) is 5.43. The van der Waals surface area contributed by atoms with Crippen molar-refractivity contribution in [2.45, 2.75) is 66.5 Å². The van der Waals surface area contributed by atoms with Crippen LogP contribution in [-0.4, -0.2) is 25.6 Å². The summed E-state index contributed by atoms with van der Waals surface area (Å²) in [6, 6.07) is 17.1. The van der Waals surface area contributed by atoms with Crippen molar-refractivity contribution in [2.24, 2.45) is 5.41 Å². The number of nitrogens with zero attached hydrogens (tertiary/aromatic N) is 3. The molecule has 3 aromatic carbocycles. The highest BCUT2D eigenvalue weighted by Crippen LogP contribution is 2.50. The molecule has 6 rings (SSSR count). The van der Waals surface area contributed by atoms with Gasteiger partial charge in [0.1, 0.15) is 29.6 Å². The first kappa shape index (κ1) is 31.8. The monoisotopic (exact) mass is 615 g/mol. The Bertz CT molecular complexity index is 1860. The van der Waals surface area contributed by atoms with E-state index in [1.54, 1.807) is 49.4 Å². The Hall–Kier alpha value is -4.66. The third kappa shape index (κ3) is 6.87. The van der Waals surface area contributed by atoms with Crippen LogP contribution in [0.1, 0.15) is 72.9 Å². The number of hydrogen-bond donors (Lipinski definition) is 1. The van der Waals surface area contributed by atoms with Crippen LogP contribution in [0.3, 0.4) is 0 Å². The minimum Gasteiger partial charge on any atom is -0.478 e. The Labute approximate surface area is 260 Å². The lowest BCUT2D eigenvalue weighted by Crippen LogP contribution is -2.14. The SMILES string of the molecule is CC.CCC1(Cn2c(Cc3ccc(-c4cccc(OCc5ccc(C)cc5F)n4)c(F)c3)nc3c(F)cc(C(=O)O)cc32)CC1. The van der Waals surface area contributed by atoms with Crippen LogP contribution in [0.15, 0.2) is 66.7 Å². The second-order valence-electron chi connectivity index (χ2n) is 11.3. The summed E-state index contributed by atoms with van der Waals surface area (Å²) in [5.74, 6) is -1.99. The molecule has 234 valence electrons. The lowest BCUT2D eigenvalue weighted by molar-refractivity contribution is 0.0696. The number of hydrogen-bond acceptors (Lipinski definition) is 4. The fourth-order valence-electron chi connectivity index (χ4n) is 5.43. The van der Waals surface area contributed by atoms with E-state index in [9.17, 15) is 18.7 Å². The van der Waals surface area contributed by atoms with Crippen molar-refractivity contribution in [3.63, 3.8) is 0 Å². The number of imidazole rings is 1. The van der Waals surface area contributed by atoms with E-state index in [4.69, 9.17) is 4.74 Å². The molecule has 0 aliphatic heterocycles. The number of aromatic nitrogens is 3. The molecule has 1 fully saturated rings. The Morgan fingerprint density at radius 3 is 2.40 bits per heavy atom. The summed E-state index contributed by atoms with van der Waals surface area (Å²) in [5.41, 5.74) is 2.92. The van der Waals surface area contributed by atoms with Gasteiger partial charge in [0.2, 0.25) is 5.88 Å². The van der Waals surface area contributed by atoms with E-state index >= 15 is 4.39 Å². The summed E-state index contributed by atoms with van der Waals surface area (Å²) in [5, 5.41) is 9.50. The van der Waals surface area contributed by atoms with E-state index in [-0.39, 0.29) is 46.8 Å². The largest absolute Gasteiger partial charge is 0.478 e. The molecule has 1 aliphatic rings. The quantitative estimate of drug-likeness (QED) is 0.170. The van der Waals surface area contributed by atoms with Gasteiger partial charge in [-0.15, -0.1) is 0 Å². The van der Waals surface area contributed by atoms with Gasteiger partial charge in [0.05, 0.1) is 16.8 Å². The van der Waals surface area contributed by atoms with Crippen molar-refractivity contribution in [3.8, 4) is 17.1 Å². The van der Waals surface area contributed by atoms with Gasteiger partial charge >= 0.3 is 5.97 Å². The van der Waals surface area contributed by atoms with E-state index in [0.717, 1.165) is 30.9 Å². The molecule has 0 spiro atoms. The number of pyridine rings is 1. The normalized spacial score (nSPS) is 13.3. The van der Waals surface area contributed by atoms with Crippen molar-refractivity contribution >= 4 is 17.0 Å². The van der Waals surface area contributed by atoms with Crippen molar-refractivity contribution in [2.75, 3.05) is 0 Å². The number of aromatic carboxylic acids is 1. The zero-order chi connectivity index (χ0) is 32.3. The highest BCUT2D eigenvalue weighted by atomic mass is 19.1. The van der Waals surface area contributed by atoms with Crippen LogP contribution in [-0.2, 0) is 19.6 Å². The van der Waals surface area contributed by atoms with E-state index in [2.05, 4.69) is 16.9 Å². The van der Waals surface area contributed by atoms with Gasteiger partial charge in [0.25, 0.3) is 0 Å². The molecule has 0 saturated heterocycles. The van der Waals surface area contributed by atoms with Crippen LogP contribution in [0.4, 0.5) is 13.2 Å². The Kier molecular flexibility index (Phi) is 9.27. The summed E-state index contributed by atoms with van der Waals surface area (Å²) in [7, 11) is 0. The summed E-state index contributed by atoms with van der Waals surface area (Å²) in [6.45, 7) is 8.49. The van der Waals surface area contributed by atoms with E-state index in [1.165, 1.54) is 18.2 Å². The zero-order valence-electron chi connectivity index (χ0n) is 25.8. The molecular formula is C36H36F3N3O3. The first-order valence-corrected chi connectivity index (χ1v) is 15.2. The zero-order valence-corrected chi connectivity index (χ0v) is 25.8. The van der Waals surface area contributed by atoms with Crippen LogP contribution in [0.25, 0.3) is 22.3 Å². The molecular weight excluding hydrogens is 579 g/mol. The second kappa shape index (κ2) is 13.1. The first-order valence-electron chi connectivity index (χ1n) is 15.2. The second-order valence-corrected chi connectivity index (χ2v) is 11.3. The average molecular weight is 616 g/mol. The van der Waals surface area contributed by atoms with Crippen molar-refractivity contribution in [3.05, 3.63) is 112 Å². The van der Waals surface area contributed by atoms with Crippen LogP contribution in [0, 0.1) is 29.8 Å². The molecule has 5 aromatic rings. The third-order valence-corrected chi connectivity index (χ3v) is 8.31. The molecule has 6 nitrogen and oxygen atoms in total. The molecule has 0 unspecified atom stereocenters. The highest BCUT2D eigenvalue weighted by Gasteiger charge is 2.41. The molecule has 1 saturated carbocycles. The smallest absolute Gasteiger partial charge is 0.335 e. The average Bonchev–Trinajstić information content (AvgIpc) is 3.73. The molecule has 9 heteroatoms. The van der Waals surface area contributed by atoms with Crippen LogP contribution >= 0.6 is 0 Å². The predicted octanol–water partition coefficient (Wildman–Crippen LogP) is 8.91. The van der Waals surface area contributed by atoms with Gasteiger partial charge in [-0.25, -0.2) is 27.9 Å². The Balaban J connectivity index is 0.00000196. The Morgan fingerprint density at radius 1 is 0.956 bits per heavy atom. The molecule has 2 aromatic heterocycles. The minimum atomic E-state index is -1.21. The number of carboxylic acid groups (broad SMARTS) is 1. The minimum absolute atomic E-state index is 0.0150. The number of benzene rings is 3. The summed E-state index contributed by atoms with van der Waals surface area (Å²) < 4.78 is 52.2. The standard InChI is InChI=1S/C34H30F3N3O3.C2H6/c1-3-34(11-12-34)19-40-29-17-23(33(41)42)16-27(37)32(29)39-30(40)15-21-8-10-24(26(36)14-21)28-5-4-6-31(38-28)43-18-22-9-7-20(2)13-25(22)35;1-2/h4-10,13-14,16-17H,3,11-12,15,18-19H2,1-2H3,(H,41,42);1-2H3. The number of rotatable bonds is 10. The summed E-state index contributed by atoms with van der Waals surface area (Å²) >= 11 is 0. The van der Waals surface area contributed by atoms with Gasteiger partial charge in [0, 0.05) is 30.2 Å². The molecule has 0 atom stereocenters. The molecule has 0 radical (unpaired) electrons. The molecule has 2 heterocycles. The van der Waals surface area contributed by atoms with Crippen LogP contribution in [0.5, 0.6) is 5.88 Å². The third-order valence-electron chi connectivity index (χ3n) is 8.31. The maximum atomic E-state index is 15.5. The van der Waals surface area contributed by atoms with E-state index in [0.29, 0.717) is 34.7 Å². The number of carboxylic acids is 1. The molecule has 1 aliphatic carbocycles. The van der Waals surface area contributed by atoms with Gasteiger partial charge in [-0.2, -0.15) is 0 Å². The lowest BCUT2D eigenvalue weighted by Gasteiger charge is -2.17. The van der Waals surface area contributed by atoms with Gasteiger partial charge in [-0.3, -0.25) is 0 Å². The predicted molar refractivity (Wildman–Crippen MR) is 168 cm³/mol. The lowest BCUT2D eigenvalue weighted by atomic mass is 10.0. The van der Waals surface area contributed by atoms with Gasteiger partial charge in [0.15, 0.2) is 5.82 Å². The highest BCUT2D eigenvalue weighted by molar-refractivity contribution is 5.92. The van der Waals surface area contributed by atoms with Crippen molar-refractivity contribution in [1.29, 1.82) is 0 Å². The number of carbonyl (C=O) groups is 1. The van der Waals surface area contributed by atoms with E-state index < -0.39 is 17.6 Å². The van der Waals surface area contributed by atoms with Gasteiger partial charge in [-0.1, -0.05) is 45.0 Å². The van der Waals surface area contributed by atoms with Crippen molar-refractivity contribution in [1.82, 2.24) is 14.5 Å². The molecule has 45 heavy (non-hydrogen) atoms. The number of fused-ring (bicyclic) bond motifs is 1.